The third-order valence-electron chi connectivity index (χ3n) is 4.06. The van der Waals surface area contributed by atoms with Crippen molar-refractivity contribution in [2.75, 3.05) is 0 Å². The summed E-state index contributed by atoms with van der Waals surface area (Å²) < 4.78 is 14.2. The minimum Gasteiger partial charge on any atom is -0.346 e. The molecule has 4 aromatic rings. The molecule has 1 radical (unpaired) electrons. The topological polar surface area (TPSA) is 54.5 Å². The molecule has 0 fully saturated rings. The Morgan fingerprint density at radius 3 is 2.73 bits per heavy atom. The number of hydrogen-bond donors (Lipinski definition) is 1. The molecule has 0 aliphatic heterocycles. The molecule has 0 atom stereocenters. The lowest BCUT2D eigenvalue weighted by molar-refractivity contribution is 0.568. The van der Waals surface area contributed by atoms with Gasteiger partial charge in [0.25, 0.3) is 0 Å². The van der Waals surface area contributed by atoms with E-state index in [-0.39, 0.29) is 0 Å². The van der Waals surface area contributed by atoms with Crippen LogP contribution in [0, 0.1) is 12.1 Å². The van der Waals surface area contributed by atoms with Gasteiger partial charge in [0.1, 0.15) is 10.8 Å². The highest BCUT2D eigenvalue weighted by atomic mass is 35.5. The first-order valence-electron chi connectivity index (χ1n) is 7.86. The summed E-state index contributed by atoms with van der Waals surface area (Å²) in [6.07, 6.45) is 8.73. The van der Waals surface area contributed by atoms with Crippen LogP contribution >= 0.6 is 23.2 Å². The summed E-state index contributed by atoms with van der Waals surface area (Å²) in [5.41, 5.74) is 3.84. The lowest BCUT2D eigenvalue weighted by Gasteiger charge is -2.06. The summed E-state index contributed by atoms with van der Waals surface area (Å²) in [6, 6.07) is 7.18. The van der Waals surface area contributed by atoms with Gasteiger partial charge in [-0.25, -0.2) is 15.0 Å². The quantitative estimate of drug-likeness (QED) is 0.514. The van der Waals surface area contributed by atoms with Gasteiger partial charge in [-0.3, -0.25) is 0 Å². The van der Waals surface area contributed by atoms with E-state index in [2.05, 4.69) is 26.1 Å². The molecule has 7 heteroatoms. The van der Waals surface area contributed by atoms with Gasteiger partial charge in [0.05, 0.1) is 11.2 Å². The van der Waals surface area contributed by atoms with Crippen LogP contribution in [0.25, 0.3) is 11.0 Å². The lowest BCUT2D eigenvalue weighted by Crippen LogP contribution is -2.00. The zero-order valence-corrected chi connectivity index (χ0v) is 14.9. The Labute approximate surface area is 159 Å². The number of fused-ring (bicyclic) bond motifs is 1. The van der Waals surface area contributed by atoms with Gasteiger partial charge in [-0.1, -0.05) is 29.3 Å². The van der Waals surface area contributed by atoms with Gasteiger partial charge in [-0.05, 0) is 34.9 Å². The summed E-state index contributed by atoms with van der Waals surface area (Å²) in [5, 5.41) is 1.84. The minimum atomic E-state index is -0.535. The molecule has 0 saturated carbocycles. The minimum absolute atomic E-state index is 0.376. The van der Waals surface area contributed by atoms with Gasteiger partial charge in [0.2, 0.25) is 5.95 Å². The SMILES string of the molecule is Fc1n[c]c(Cc2ccc(Cl)nc2)cc1Cc1c[nH]c2ncc(Cl)cc12. The fourth-order valence-corrected chi connectivity index (χ4v) is 3.09. The molecule has 1 N–H and O–H groups in total. The summed E-state index contributed by atoms with van der Waals surface area (Å²) in [5.74, 6) is -0.535. The van der Waals surface area contributed by atoms with Gasteiger partial charge in [-0.15, -0.1) is 0 Å². The Bertz CT molecular complexity index is 1080. The second-order valence-electron chi connectivity index (χ2n) is 5.92. The van der Waals surface area contributed by atoms with Gasteiger partial charge < -0.3 is 4.98 Å². The van der Waals surface area contributed by atoms with Gasteiger partial charge >= 0.3 is 0 Å². The molecule has 0 aliphatic carbocycles. The Hall–Kier alpha value is -2.50. The molecule has 129 valence electrons. The monoisotopic (exact) mass is 385 g/mol. The largest absolute Gasteiger partial charge is 0.346 e. The standard InChI is InChI=1S/C19H12Cl2FN4/c20-15-6-16-14(9-25-19(16)26-10-15)5-13-4-12(8-24-18(13)22)3-11-1-2-17(21)23-7-11/h1-2,4,6-7,9-10H,3,5H2,(H,25,26). The number of nitrogens with one attached hydrogen (secondary N) is 1. The maximum Gasteiger partial charge on any atom is 0.217 e. The zero-order valence-electron chi connectivity index (χ0n) is 13.4. The van der Waals surface area contributed by atoms with E-state index in [1.807, 2.05) is 18.3 Å². The van der Waals surface area contributed by atoms with E-state index in [1.54, 1.807) is 24.5 Å². The first-order chi connectivity index (χ1) is 12.6. The third-order valence-corrected chi connectivity index (χ3v) is 4.49. The van der Waals surface area contributed by atoms with E-state index < -0.39 is 5.95 Å². The van der Waals surface area contributed by atoms with Crippen LogP contribution < -0.4 is 0 Å². The Morgan fingerprint density at radius 2 is 1.92 bits per heavy atom. The summed E-state index contributed by atoms with van der Waals surface area (Å²) in [7, 11) is 0. The van der Waals surface area contributed by atoms with Crippen molar-refractivity contribution in [3.8, 4) is 0 Å². The molecule has 0 saturated heterocycles. The van der Waals surface area contributed by atoms with Crippen LogP contribution in [0.2, 0.25) is 10.2 Å². The number of H-pyrrole nitrogens is 1. The average molecular weight is 386 g/mol. The summed E-state index contributed by atoms with van der Waals surface area (Å²) >= 11 is 11.8. The average Bonchev–Trinajstić information content (AvgIpc) is 3.02. The maximum atomic E-state index is 14.2. The van der Waals surface area contributed by atoms with Crippen LogP contribution in [-0.4, -0.2) is 19.9 Å². The Balaban J connectivity index is 1.63. The van der Waals surface area contributed by atoms with E-state index in [9.17, 15) is 4.39 Å². The maximum absolute atomic E-state index is 14.2. The molecule has 0 amide bonds. The smallest absolute Gasteiger partial charge is 0.217 e. The third kappa shape index (κ3) is 3.54. The Kier molecular flexibility index (Phi) is 4.57. The highest BCUT2D eigenvalue weighted by molar-refractivity contribution is 6.31. The van der Waals surface area contributed by atoms with Crippen molar-refractivity contribution in [3.05, 3.63) is 87.4 Å². The van der Waals surface area contributed by atoms with Crippen molar-refractivity contribution in [2.24, 2.45) is 0 Å². The number of rotatable bonds is 4. The molecule has 4 rings (SSSR count). The summed E-state index contributed by atoms with van der Waals surface area (Å²) in [6.45, 7) is 0. The van der Waals surface area contributed by atoms with Crippen LogP contribution in [0.4, 0.5) is 4.39 Å². The Morgan fingerprint density at radius 1 is 1.04 bits per heavy atom. The molecule has 4 aromatic heterocycles. The van der Waals surface area contributed by atoms with Crippen LogP contribution in [0.1, 0.15) is 22.3 Å². The van der Waals surface area contributed by atoms with Crippen LogP contribution in [0.15, 0.2) is 42.9 Å². The van der Waals surface area contributed by atoms with Crippen molar-refractivity contribution < 1.29 is 4.39 Å². The van der Waals surface area contributed by atoms with E-state index in [0.717, 1.165) is 22.1 Å². The molecule has 0 unspecified atom stereocenters. The number of halogens is 3. The molecule has 0 aliphatic rings. The predicted molar refractivity (Wildman–Crippen MR) is 99.0 cm³/mol. The van der Waals surface area contributed by atoms with E-state index >= 15 is 0 Å². The number of hydrogen-bond acceptors (Lipinski definition) is 3. The van der Waals surface area contributed by atoms with Gasteiger partial charge in [0.15, 0.2) is 0 Å². The second kappa shape index (κ2) is 7.02. The molecular weight excluding hydrogens is 374 g/mol. The van der Waals surface area contributed by atoms with E-state index in [0.29, 0.717) is 34.2 Å². The van der Waals surface area contributed by atoms with Crippen molar-refractivity contribution in [2.45, 2.75) is 12.8 Å². The van der Waals surface area contributed by atoms with Crippen molar-refractivity contribution in [3.63, 3.8) is 0 Å². The number of aromatic nitrogens is 4. The normalized spacial score (nSPS) is 11.2. The molecule has 0 spiro atoms. The fraction of sp³-hybridized carbons (Fsp3) is 0.105. The lowest BCUT2D eigenvalue weighted by atomic mass is 10.0. The highest BCUT2D eigenvalue weighted by Crippen LogP contribution is 2.24. The van der Waals surface area contributed by atoms with E-state index in [1.165, 1.54) is 0 Å². The van der Waals surface area contributed by atoms with Crippen molar-refractivity contribution >= 4 is 34.2 Å². The van der Waals surface area contributed by atoms with Crippen molar-refractivity contribution in [1.82, 2.24) is 19.9 Å². The second-order valence-corrected chi connectivity index (χ2v) is 6.74. The van der Waals surface area contributed by atoms with Crippen LogP contribution in [-0.2, 0) is 12.8 Å². The first kappa shape index (κ1) is 16.9. The molecule has 4 nitrogen and oxygen atoms in total. The van der Waals surface area contributed by atoms with Crippen LogP contribution in [0.3, 0.4) is 0 Å². The molecular formula is C19H12Cl2FN4. The fourth-order valence-electron chi connectivity index (χ4n) is 2.82. The van der Waals surface area contributed by atoms with Crippen molar-refractivity contribution in [1.29, 1.82) is 0 Å². The predicted octanol–water partition coefficient (Wildman–Crippen LogP) is 4.78. The van der Waals surface area contributed by atoms with Gasteiger partial charge in [-0.2, -0.15) is 4.39 Å². The molecule has 0 bridgehead atoms. The molecule has 26 heavy (non-hydrogen) atoms. The highest BCUT2D eigenvalue weighted by Gasteiger charge is 2.12. The number of pyridine rings is 3. The number of nitrogens with zero attached hydrogens (tertiary/aromatic N) is 3. The van der Waals surface area contributed by atoms with Gasteiger partial charge in [0, 0.05) is 42.4 Å². The summed E-state index contributed by atoms with van der Waals surface area (Å²) in [4.78, 5) is 15.1. The first-order valence-corrected chi connectivity index (χ1v) is 8.62. The molecule has 4 heterocycles. The van der Waals surface area contributed by atoms with Crippen LogP contribution in [0.5, 0.6) is 0 Å². The zero-order chi connectivity index (χ0) is 18.1. The van der Waals surface area contributed by atoms with E-state index in [4.69, 9.17) is 23.2 Å². The number of aromatic amines is 1. The molecule has 0 aromatic carbocycles.